The SMILES string of the molecule is CC(C)Oc1cccc(C=NNCc2ccccc2)c1. The fraction of sp³-hybridized carbons (Fsp3) is 0.235. The van der Waals surface area contributed by atoms with E-state index in [1.165, 1.54) is 5.56 Å². The molecule has 0 aliphatic carbocycles. The third-order valence-electron chi connectivity index (χ3n) is 2.66. The van der Waals surface area contributed by atoms with Crippen LogP contribution in [-0.2, 0) is 6.54 Å². The Morgan fingerprint density at radius 2 is 1.90 bits per heavy atom. The molecule has 1 N–H and O–H groups in total. The molecular formula is C17H20N2O. The average Bonchev–Trinajstić information content (AvgIpc) is 2.44. The van der Waals surface area contributed by atoms with E-state index < -0.39 is 0 Å². The minimum absolute atomic E-state index is 0.179. The highest BCUT2D eigenvalue weighted by molar-refractivity contribution is 5.79. The monoisotopic (exact) mass is 268 g/mol. The lowest BCUT2D eigenvalue weighted by Crippen LogP contribution is -2.06. The number of ether oxygens (including phenoxy) is 1. The van der Waals surface area contributed by atoms with Crippen molar-refractivity contribution in [2.75, 3.05) is 0 Å². The molecule has 0 bridgehead atoms. The highest BCUT2D eigenvalue weighted by Crippen LogP contribution is 2.13. The Kier molecular flexibility index (Phi) is 5.18. The second kappa shape index (κ2) is 7.34. The van der Waals surface area contributed by atoms with Gasteiger partial charge in [0, 0.05) is 0 Å². The zero-order valence-electron chi connectivity index (χ0n) is 11.9. The van der Waals surface area contributed by atoms with Gasteiger partial charge in [-0.1, -0.05) is 42.5 Å². The van der Waals surface area contributed by atoms with Gasteiger partial charge in [0.1, 0.15) is 5.75 Å². The molecule has 0 aliphatic heterocycles. The first-order valence-corrected chi connectivity index (χ1v) is 6.80. The Labute approximate surface area is 120 Å². The summed E-state index contributed by atoms with van der Waals surface area (Å²) in [5.41, 5.74) is 5.27. The minimum Gasteiger partial charge on any atom is -0.491 e. The van der Waals surface area contributed by atoms with Crippen LogP contribution in [0.15, 0.2) is 59.7 Å². The molecule has 0 aromatic heterocycles. The molecule has 0 spiro atoms. The van der Waals surface area contributed by atoms with Crippen molar-refractivity contribution in [1.82, 2.24) is 5.43 Å². The van der Waals surface area contributed by atoms with Crippen LogP contribution in [0.3, 0.4) is 0 Å². The topological polar surface area (TPSA) is 33.6 Å². The van der Waals surface area contributed by atoms with Gasteiger partial charge < -0.3 is 10.2 Å². The van der Waals surface area contributed by atoms with E-state index in [0.717, 1.165) is 17.9 Å². The van der Waals surface area contributed by atoms with Crippen LogP contribution >= 0.6 is 0 Å². The molecule has 0 atom stereocenters. The van der Waals surface area contributed by atoms with Crippen molar-refractivity contribution in [3.63, 3.8) is 0 Å². The Bertz CT molecular complexity index is 550. The van der Waals surface area contributed by atoms with Crippen LogP contribution < -0.4 is 10.2 Å². The maximum Gasteiger partial charge on any atom is 0.120 e. The molecule has 2 aromatic rings. The van der Waals surface area contributed by atoms with Crippen molar-refractivity contribution >= 4 is 6.21 Å². The second-order valence-electron chi connectivity index (χ2n) is 4.82. The highest BCUT2D eigenvalue weighted by atomic mass is 16.5. The molecule has 0 fully saturated rings. The van der Waals surface area contributed by atoms with Gasteiger partial charge in [-0.2, -0.15) is 5.10 Å². The smallest absolute Gasteiger partial charge is 0.120 e. The summed E-state index contributed by atoms with van der Waals surface area (Å²) in [6.07, 6.45) is 1.98. The zero-order chi connectivity index (χ0) is 14.2. The summed E-state index contributed by atoms with van der Waals surface area (Å²) in [6.45, 7) is 4.75. The molecular weight excluding hydrogens is 248 g/mol. The lowest BCUT2D eigenvalue weighted by molar-refractivity contribution is 0.242. The van der Waals surface area contributed by atoms with Gasteiger partial charge in [0.05, 0.1) is 18.9 Å². The van der Waals surface area contributed by atoms with E-state index in [1.54, 1.807) is 6.21 Å². The lowest BCUT2D eigenvalue weighted by Gasteiger charge is -2.09. The van der Waals surface area contributed by atoms with E-state index in [1.807, 2.05) is 56.3 Å². The van der Waals surface area contributed by atoms with Gasteiger partial charge >= 0.3 is 0 Å². The van der Waals surface area contributed by atoms with E-state index >= 15 is 0 Å². The summed E-state index contributed by atoms with van der Waals surface area (Å²) in [5, 5.41) is 4.23. The number of benzene rings is 2. The highest BCUT2D eigenvalue weighted by Gasteiger charge is 1.97. The van der Waals surface area contributed by atoms with Crippen LogP contribution in [0.2, 0.25) is 0 Å². The Balaban J connectivity index is 1.88. The summed E-state index contributed by atoms with van der Waals surface area (Å²) in [7, 11) is 0. The number of hydrazone groups is 1. The zero-order valence-corrected chi connectivity index (χ0v) is 11.9. The summed E-state index contributed by atoms with van der Waals surface area (Å²) >= 11 is 0. The van der Waals surface area contributed by atoms with Crippen molar-refractivity contribution in [3.8, 4) is 5.75 Å². The first-order chi connectivity index (χ1) is 9.74. The van der Waals surface area contributed by atoms with Crippen molar-refractivity contribution in [3.05, 3.63) is 65.7 Å². The van der Waals surface area contributed by atoms with Crippen LogP contribution in [-0.4, -0.2) is 12.3 Å². The van der Waals surface area contributed by atoms with E-state index in [2.05, 4.69) is 22.7 Å². The molecule has 2 rings (SSSR count). The maximum atomic E-state index is 5.65. The van der Waals surface area contributed by atoms with Gasteiger partial charge in [-0.25, -0.2) is 0 Å². The quantitative estimate of drug-likeness (QED) is 0.641. The molecule has 0 aliphatic rings. The maximum absolute atomic E-state index is 5.65. The number of nitrogens with one attached hydrogen (secondary N) is 1. The molecule has 0 unspecified atom stereocenters. The van der Waals surface area contributed by atoms with Gasteiger partial charge in [0.25, 0.3) is 0 Å². The molecule has 2 aromatic carbocycles. The van der Waals surface area contributed by atoms with Gasteiger partial charge in [0.15, 0.2) is 0 Å². The number of rotatable bonds is 6. The molecule has 0 saturated carbocycles. The van der Waals surface area contributed by atoms with Crippen molar-refractivity contribution in [1.29, 1.82) is 0 Å². The van der Waals surface area contributed by atoms with Crippen LogP contribution in [0.25, 0.3) is 0 Å². The number of nitrogens with zero attached hydrogens (tertiary/aromatic N) is 1. The molecule has 0 saturated heterocycles. The summed E-state index contributed by atoms with van der Waals surface area (Å²) in [6, 6.07) is 18.1. The first kappa shape index (κ1) is 14.1. The first-order valence-electron chi connectivity index (χ1n) is 6.80. The fourth-order valence-electron chi connectivity index (χ4n) is 1.79. The Hall–Kier alpha value is -2.29. The summed E-state index contributed by atoms with van der Waals surface area (Å²) in [4.78, 5) is 0. The summed E-state index contributed by atoms with van der Waals surface area (Å²) < 4.78 is 5.65. The normalized spacial score (nSPS) is 10.9. The number of hydrogen-bond donors (Lipinski definition) is 1. The van der Waals surface area contributed by atoms with Crippen molar-refractivity contribution in [2.45, 2.75) is 26.5 Å². The molecule has 3 heteroatoms. The fourth-order valence-corrected chi connectivity index (χ4v) is 1.79. The van der Waals surface area contributed by atoms with E-state index in [4.69, 9.17) is 4.74 Å². The third-order valence-corrected chi connectivity index (χ3v) is 2.66. The standard InChI is InChI=1S/C17H20N2O/c1-14(2)20-17-10-6-9-16(11-17)13-19-18-12-15-7-4-3-5-8-15/h3-11,13-14,18H,12H2,1-2H3. The molecule has 20 heavy (non-hydrogen) atoms. The Morgan fingerprint density at radius 1 is 1.10 bits per heavy atom. The van der Waals surface area contributed by atoms with Crippen LogP contribution in [0.5, 0.6) is 5.75 Å². The predicted octanol–water partition coefficient (Wildman–Crippen LogP) is 3.60. The largest absolute Gasteiger partial charge is 0.491 e. The van der Waals surface area contributed by atoms with Crippen LogP contribution in [0.4, 0.5) is 0 Å². The van der Waals surface area contributed by atoms with Crippen molar-refractivity contribution < 1.29 is 4.74 Å². The minimum atomic E-state index is 0.179. The van der Waals surface area contributed by atoms with E-state index in [0.29, 0.717) is 0 Å². The van der Waals surface area contributed by atoms with Crippen LogP contribution in [0, 0.1) is 0 Å². The van der Waals surface area contributed by atoms with Gasteiger partial charge in [0.2, 0.25) is 0 Å². The molecule has 0 amide bonds. The third kappa shape index (κ3) is 4.76. The second-order valence-corrected chi connectivity index (χ2v) is 4.82. The van der Waals surface area contributed by atoms with Gasteiger partial charge in [-0.05, 0) is 37.1 Å². The van der Waals surface area contributed by atoms with E-state index in [9.17, 15) is 0 Å². The molecule has 0 radical (unpaired) electrons. The van der Waals surface area contributed by atoms with Crippen LogP contribution in [0.1, 0.15) is 25.0 Å². The average molecular weight is 268 g/mol. The predicted molar refractivity (Wildman–Crippen MR) is 83.1 cm³/mol. The summed E-state index contributed by atoms with van der Waals surface area (Å²) in [5.74, 6) is 0.868. The Morgan fingerprint density at radius 3 is 2.65 bits per heavy atom. The molecule has 104 valence electrons. The van der Waals surface area contributed by atoms with Crippen molar-refractivity contribution in [2.24, 2.45) is 5.10 Å². The van der Waals surface area contributed by atoms with Gasteiger partial charge in [-0.3, -0.25) is 0 Å². The molecule has 0 heterocycles. The molecule has 3 nitrogen and oxygen atoms in total. The van der Waals surface area contributed by atoms with E-state index in [-0.39, 0.29) is 6.10 Å². The van der Waals surface area contributed by atoms with Gasteiger partial charge in [-0.15, -0.1) is 0 Å². The lowest BCUT2D eigenvalue weighted by atomic mass is 10.2. The number of hydrogen-bond acceptors (Lipinski definition) is 3.